The van der Waals surface area contributed by atoms with E-state index in [1.54, 1.807) is 0 Å². The zero-order valence-electron chi connectivity index (χ0n) is 14.8. The molecular weight excluding hydrogens is 292 g/mol. The molecule has 2 rings (SSSR count). The third-order valence-corrected chi connectivity index (χ3v) is 3.77. The van der Waals surface area contributed by atoms with Gasteiger partial charge in [-0.2, -0.15) is 0 Å². The van der Waals surface area contributed by atoms with Crippen molar-refractivity contribution in [3.8, 4) is 0 Å². The van der Waals surface area contributed by atoms with E-state index in [-0.39, 0.29) is 6.04 Å². The first-order valence-corrected chi connectivity index (χ1v) is 8.53. The Bertz CT molecular complexity index is 493. The molecule has 23 heavy (non-hydrogen) atoms. The van der Waals surface area contributed by atoms with Gasteiger partial charge in [-0.3, -0.25) is 9.89 Å². The van der Waals surface area contributed by atoms with Crippen LogP contribution in [0, 0.1) is 6.92 Å². The fraction of sp³-hybridized carbons (Fsp3) is 0.706. The second-order valence-corrected chi connectivity index (χ2v) is 6.13. The third-order valence-electron chi connectivity index (χ3n) is 3.77. The summed E-state index contributed by atoms with van der Waals surface area (Å²) >= 11 is 0. The minimum Gasteiger partial charge on any atom is -0.465 e. The fourth-order valence-electron chi connectivity index (χ4n) is 2.68. The van der Waals surface area contributed by atoms with Gasteiger partial charge in [0.05, 0.1) is 25.8 Å². The number of hydrogen-bond donors (Lipinski definition) is 2. The molecular formula is C17H30N4O2. The van der Waals surface area contributed by atoms with E-state index >= 15 is 0 Å². The van der Waals surface area contributed by atoms with Crippen LogP contribution in [0.15, 0.2) is 21.5 Å². The van der Waals surface area contributed by atoms with E-state index in [0.717, 1.165) is 50.3 Å². The molecule has 1 aliphatic rings. The molecule has 1 aromatic rings. The minimum atomic E-state index is 0.148. The topological polar surface area (TPSA) is 62.0 Å². The van der Waals surface area contributed by atoms with Crippen LogP contribution in [0.4, 0.5) is 0 Å². The molecule has 6 heteroatoms. The molecule has 2 N–H and O–H groups in total. The van der Waals surface area contributed by atoms with E-state index in [4.69, 9.17) is 14.1 Å². The largest absolute Gasteiger partial charge is 0.465 e. The Hall–Kier alpha value is -1.53. The second-order valence-electron chi connectivity index (χ2n) is 6.13. The summed E-state index contributed by atoms with van der Waals surface area (Å²) in [5.41, 5.74) is 0. The molecule has 1 saturated heterocycles. The predicted molar refractivity (Wildman–Crippen MR) is 92.8 cm³/mol. The maximum absolute atomic E-state index is 5.88. The second kappa shape index (κ2) is 8.93. The van der Waals surface area contributed by atoms with Crippen LogP contribution in [0.2, 0.25) is 0 Å². The molecule has 1 atom stereocenters. The lowest BCUT2D eigenvalue weighted by Gasteiger charge is -2.32. The Morgan fingerprint density at radius 3 is 2.61 bits per heavy atom. The van der Waals surface area contributed by atoms with Gasteiger partial charge < -0.3 is 19.8 Å². The number of rotatable bonds is 6. The summed E-state index contributed by atoms with van der Waals surface area (Å²) in [5.74, 6) is 2.77. The summed E-state index contributed by atoms with van der Waals surface area (Å²) in [6, 6.07) is 4.58. The monoisotopic (exact) mass is 322 g/mol. The Morgan fingerprint density at radius 1 is 1.30 bits per heavy atom. The molecule has 0 amide bonds. The van der Waals surface area contributed by atoms with Crippen LogP contribution in [0.25, 0.3) is 0 Å². The van der Waals surface area contributed by atoms with E-state index in [9.17, 15) is 0 Å². The molecule has 0 aliphatic carbocycles. The van der Waals surface area contributed by atoms with E-state index in [1.165, 1.54) is 0 Å². The van der Waals surface area contributed by atoms with Gasteiger partial charge in [-0.05, 0) is 39.8 Å². The Balaban J connectivity index is 2.12. The van der Waals surface area contributed by atoms with Crippen molar-refractivity contribution in [2.75, 3.05) is 39.4 Å². The van der Waals surface area contributed by atoms with Crippen molar-refractivity contribution >= 4 is 5.96 Å². The third kappa shape index (κ3) is 5.55. The number of aliphatic imine (C=N–C) groups is 1. The molecule has 0 aromatic carbocycles. The van der Waals surface area contributed by atoms with Gasteiger partial charge in [0.25, 0.3) is 0 Å². The predicted octanol–water partition coefficient (Wildman–Crippen LogP) is 1.92. The number of guanidine groups is 1. The van der Waals surface area contributed by atoms with Crippen molar-refractivity contribution in [2.24, 2.45) is 4.99 Å². The smallest absolute Gasteiger partial charge is 0.191 e. The first-order valence-electron chi connectivity index (χ1n) is 8.53. The number of nitrogens with one attached hydrogen (secondary N) is 2. The van der Waals surface area contributed by atoms with Gasteiger partial charge in [0.1, 0.15) is 11.5 Å². The van der Waals surface area contributed by atoms with Crippen LogP contribution >= 0.6 is 0 Å². The molecule has 0 radical (unpaired) electrons. The van der Waals surface area contributed by atoms with Gasteiger partial charge in [0, 0.05) is 25.7 Å². The van der Waals surface area contributed by atoms with Gasteiger partial charge in [-0.25, -0.2) is 0 Å². The minimum absolute atomic E-state index is 0.148. The van der Waals surface area contributed by atoms with Crippen LogP contribution in [0.3, 0.4) is 0 Å². The number of nitrogens with zero attached hydrogens (tertiary/aromatic N) is 2. The maximum Gasteiger partial charge on any atom is 0.191 e. The molecule has 6 nitrogen and oxygen atoms in total. The van der Waals surface area contributed by atoms with Crippen molar-refractivity contribution in [3.63, 3.8) is 0 Å². The van der Waals surface area contributed by atoms with Crippen LogP contribution in [-0.2, 0) is 4.74 Å². The molecule has 2 heterocycles. The van der Waals surface area contributed by atoms with Gasteiger partial charge in [-0.15, -0.1) is 0 Å². The Kier molecular flexibility index (Phi) is 6.92. The van der Waals surface area contributed by atoms with Gasteiger partial charge >= 0.3 is 0 Å². The SMILES string of the molecule is CCNC(=NCC(c1ccc(C)o1)N1CCOCC1)NC(C)C. The quantitative estimate of drug-likeness (QED) is 0.619. The van der Waals surface area contributed by atoms with Crippen LogP contribution in [-0.4, -0.2) is 56.3 Å². The summed E-state index contributed by atoms with van der Waals surface area (Å²) in [6.07, 6.45) is 0. The van der Waals surface area contributed by atoms with E-state index in [0.29, 0.717) is 12.6 Å². The number of morpholine rings is 1. The zero-order valence-corrected chi connectivity index (χ0v) is 14.8. The standard InChI is InChI=1S/C17H30N4O2/c1-5-18-17(20-13(2)3)19-12-15(16-7-6-14(4)23-16)21-8-10-22-11-9-21/h6-7,13,15H,5,8-12H2,1-4H3,(H2,18,19,20). The molecule has 1 unspecified atom stereocenters. The highest BCUT2D eigenvalue weighted by Gasteiger charge is 2.25. The summed E-state index contributed by atoms with van der Waals surface area (Å²) in [6.45, 7) is 13.1. The van der Waals surface area contributed by atoms with Crippen molar-refractivity contribution in [3.05, 3.63) is 23.7 Å². The lowest BCUT2D eigenvalue weighted by atomic mass is 10.1. The van der Waals surface area contributed by atoms with Crippen LogP contribution in [0.1, 0.15) is 38.3 Å². The normalized spacial score (nSPS) is 18.2. The molecule has 1 fully saturated rings. The molecule has 0 spiro atoms. The first kappa shape index (κ1) is 17.8. The lowest BCUT2D eigenvalue weighted by molar-refractivity contribution is 0.0135. The van der Waals surface area contributed by atoms with Crippen LogP contribution < -0.4 is 10.6 Å². The fourth-order valence-corrected chi connectivity index (χ4v) is 2.68. The van der Waals surface area contributed by atoms with Gasteiger partial charge in [0.2, 0.25) is 0 Å². The highest BCUT2D eigenvalue weighted by Crippen LogP contribution is 2.24. The van der Waals surface area contributed by atoms with E-state index in [1.807, 2.05) is 13.0 Å². The van der Waals surface area contributed by atoms with Crippen LogP contribution in [0.5, 0.6) is 0 Å². The number of furan rings is 1. The first-order chi connectivity index (χ1) is 11.1. The lowest BCUT2D eigenvalue weighted by Crippen LogP contribution is -2.43. The zero-order chi connectivity index (χ0) is 16.7. The Morgan fingerprint density at radius 2 is 2.04 bits per heavy atom. The molecule has 1 aromatic heterocycles. The highest BCUT2D eigenvalue weighted by molar-refractivity contribution is 5.80. The molecule has 0 bridgehead atoms. The van der Waals surface area contributed by atoms with E-state index in [2.05, 4.69) is 42.4 Å². The molecule has 1 aliphatic heterocycles. The summed E-state index contributed by atoms with van der Waals surface area (Å²) in [4.78, 5) is 7.16. The molecule has 130 valence electrons. The summed E-state index contributed by atoms with van der Waals surface area (Å²) < 4.78 is 11.4. The number of hydrogen-bond acceptors (Lipinski definition) is 4. The highest BCUT2D eigenvalue weighted by atomic mass is 16.5. The number of ether oxygens (including phenoxy) is 1. The summed E-state index contributed by atoms with van der Waals surface area (Å²) in [7, 11) is 0. The van der Waals surface area contributed by atoms with E-state index < -0.39 is 0 Å². The average molecular weight is 322 g/mol. The summed E-state index contributed by atoms with van der Waals surface area (Å²) in [5, 5.41) is 6.65. The van der Waals surface area contributed by atoms with Crippen molar-refractivity contribution < 1.29 is 9.15 Å². The van der Waals surface area contributed by atoms with Crippen molar-refractivity contribution in [2.45, 2.75) is 39.8 Å². The van der Waals surface area contributed by atoms with Crippen molar-refractivity contribution in [1.29, 1.82) is 0 Å². The average Bonchev–Trinajstić information content (AvgIpc) is 2.94. The maximum atomic E-state index is 5.88. The Labute approximate surface area is 139 Å². The van der Waals surface area contributed by atoms with Gasteiger partial charge in [-0.1, -0.05) is 0 Å². The molecule has 0 saturated carbocycles. The van der Waals surface area contributed by atoms with Gasteiger partial charge in [0.15, 0.2) is 5.96 Å². The van der Waals surface area contributed by atoms with Crippen molar-refractivity contribution in [1.82, 2.24) is 15.5 Å². The number of aryl methyl sites for hydroxylation is 1.